The fraction of sp³-hybridized carbons (Fsp3) is 0.263. The Morgan fingerprint density at radius 2 is 1.92 bits per heavy atom. The maximum Gasteiger partial charge on any atom is 0.259 e. The molecule has 0 saturated carbocycles. The summed E-state index contributed by atoms with van der Waals surface area (Å²) >= 11 is 2.26. The number of halogens is 1. The van der Waals surface area contributed by atoms with Gasteiger partial charge in [0.25, 0.3) is 5.91 Å². The monoisotopic (exact) mass is 467 g/mol. The van der Waals surface area contributed by atoms with Crippen LogP contribution < -0.4 is 20.2 Å². The van der Waals surface area contributed by atoms with Gasteiger partial charge in [0.2, 0.25) is 0 Å². The van der Waals surface area contributed by atoms with Crippen molar-refractivity contribution < 1.29 is 14.3 Å². The summed E-state index contributed by atoms with van der Waals surface area (Å²) in [6, 6.07) is 11.4. The first-order chi connectivity index (χ1) is 12.4. The minimum absolute atomic E-state index is 0.137. The van der Waals surface area contributed by atoms with E-state index in [2.05, 4.69) is 44.5 Å². The molecule has 1 amide bonds. The molecule has 26 heavy (non-hydrogen) atoms. The van der Waals surface area contributed by atoms with Crippen molar-refractivity contribution in [1.29, 1.82) is 0 Å². The topological polar surface area (TPSA) is 72.0 Å². The van der Waals surface area contributed by atoms with Gasteiger partial charge in [-0.15, -0.1) is 0 Å². The Hall–Kier alpha value is -2.29. The summed E-state index contributed by atoms with van der Waals surface area (Å²) in [5.74, 6) is 1.10. The third kappa shape index (κ3) is 5.35. The molecule has 0 fully saturated rings. The fourth-order valence-corrected chi connectivity index (χ4v) is 2.99. The molecule has 2 aromatic carbocycles. The van der Waals surface area contributed by atoms with Crippen molar-refractivity contribution >= 4 is 39.9 Å². The molecule has 2 aromatic rings. The second-order valence-electron chi connectivity index (χ2n) is 5.61. The Bertz CT molecular complexity index is 822. The number of nitrogens with zero attached hydrogens (tertiary/aromatic N) is 1. The number of hydrogen-bond donors (Lipinski definition) is 2. The molecule has 138 valence electrons. The number of nitrogens with one attached hydrogen (secondary N) is 2. The highest BCUT2D eigenvalue weighted by Crippen LogP contribution is 2.25. The zero-order valence-electron chi connectivity index (χ0n) is 15.2. The van der Waals surface area contributed by atoms with Crippen LogP contribution in [0.5, 0.6) is 11.5 Å². The summed E-state index contributed by atoms with van der Waals surface area (Å²) < 4.78 is 11.7. The van der Waals surface area contributed by atoms with E-state index in [1.807, 2.05) is 31.2 Å². The molecule has 0 bridgehead atoms. The van der Waals surface area contributed by atoms with E-state index in [0.717, 1.165) is 20.4 Å². The number of carbonyl (C=O) groups excluding carboxylic acids is 1. The number of aryl methyl sites for hydroxylation is 1. The largest absolute Gasteiger partial charge is 0.497 e. The Balaban J connectivity index is 1.98. The average molecular weight is 467 g/mol. The normalized spacial score (nSPS) is 11.0. The molecule has 0 aromatic heterocycles. The van der Waals surface area contributed by atoms with Crippen LogP contribution in [-0.4, -0.2) is 32.4 Å². The summed E-state index contributed by atoms with van der Waals surface area (Å²) in [6.45, 7) is 3.94. The first-order valence-corrected chi connectivity index (χ1v) is 9.08. The van der Waals surface area contributed by atoms with E-state index in [1.165, 1.54) is 0 Å². The van der Waals surface area contributed by atoms with Gasteiger partial charge in [-0.25, -0.2) is 5.43 Å². The van der Waals surface area contributed by atoms with E-state index in [4.69, 9.17) is 9.47 Å². The molecule has 7 heteroatoms. The lowest BCUT2D eigenvalue weighted by molar-refractivity contribution is -0.119. The Morgan fingerprint density at radius 1 is 1.15 bits per heavy atom. The van der Waals surface area contributed by atoms with Gasteiger partial charge < -0.3 is 14.8 Å². The van der Waals surface area contributed by atoms with Crippen LogP contribution in [0.15, 0.2) is 41.5 Å². The number of hydrazone groups is 1. The predicted octanol–water partition coefficient (Wildman–Crippen LogP) is 3.57. The van der Waals surface area contributed by atoms with Gasteiger partial charge in [-0.1, -0.05) is 0 Å². The molecule has 0 unspecified atom stereocenters. The van der Waals surface area contributed by atoms with Crippen LogP contribution in [0.25, 0.3) is 0 Å². The molecule has 6 nitrogen and oxygen atoms in total. The molecule has 0 spiro atoms. The van der Waals surface area contributed by atoms with Crippen molar-refractivity contribution in [1.82, 2.24) is 5.43 Å². The summed E-state index contributed by atoms with van der Waals surface area (Å²) in [4.78, 5) is 12.1. The van der Waals surface area contributed by atoms with Gasteiger partial charge in [-0.05, 0) is 72.3 Å². The van der Waals surface area contributed by atoms with Crippen molar-refractivity contribution in [2.45, 2.75) is 13.8 Å². The average Bonchev–Trinajstić information content (AvgIpc) is 2.64. The van der Waals surface area contributed by atoms with E-state index in [0.29, 0.717) is 17.2 Å². The Labute approximate surface area is 167 Å². The molecular weight excluding hydrogens is 445 g/mol. The molecule has 0 heterocycles. The van der Waals surface area contributed by atoms with Gasteiger partial charge in [0, 0.05) is 20.9 Å². The molecule has 0 atom stereocenters. The van der Waals surface area contributed by atoms with Crippen molar-refractivity contribution in [2.75, 3.05) is 26.1 Å². The maximum atomic E-state index is 12.1. The highest BCUT2D eigenvalue weighted by atomic mass is 127. The molecule has 0 aliphatic heterocycles. The predicted molar refractivity (Wildman–Crippen MR) is 112 cm³/mol. The molecule has 2 rings (SSSR count). The van der Waals surface area contributed by atoms with E-state index in [1.54, 1.807) is 27.2 Å². The minimum Gasteiger partial charge on any atom is -0.497 e. The molecule has 0 radical (unpaired) electrons. The number of ether oxygens (including phenoxy) is 2. The second kappa shape index (κ2) is 9.42. The number of anilines is 1. The summed E-state index contributed by atoms with van der Waals surface area (Å²) in [6.07, 6.45) is 0. The first-order valence-electron chi connectivity index (χ1n) is 8.00. The van der Waals surface area contributed by atoms with Gasteiger partial charge in [-0.3, -0.25) is 4.79 Å². The van der Waals surface area contributed by atoms with Crippen LogP contribution in [0, 0.1) is 10.5 Å². The number of hydrogen-bond acceptors (Lipinski definition) is 5. The Morgan fingerprint density at radius 3 is 2.58 bits per heavy atom. The first kappa shape index (κ1) is 20.0. The lowest BCUT2D eigenvalue weighted by Gasteiger charge is -2.11. The fourth-order valence-electron chi connectivity index (χ4n) is 2.34. The van der Waals surface area contributed by atoms with Gasteiger partial charge >= 0.3 is 0 Å². The van der Waals surface area contributed by atoms with Crippen molar-refractivity contribution in [3.05, 3.63) is 51.1 Å². The summed E-state index contributed by atoms with van der Waals surface area (Å²) in [7, 11) is 3.18. The highest BCUT2D eigenvalue weighted by molar-refractivity contribution is 14.1. The van der Waals surface area contributed by atoms with E-state index >= 15 is 0 Å². The smallest absolute Gasteiger partial charge is 0.259 e. The number of amides is 1. The van der Waals surface area contributed by atoms with Gasteiger partial charge in [0.15, 0.2) is 0 Å². The second-order valence-corrected chi connectivity index (χ2v) is 6.86. The third-order valence-corrected chi connectivity index (χ3v) is 4.45. The molecule has 0 saturated heterocycles. The van der Waals surface area contributed by atoms with E-state index in [9.17, 15) is 4.79 Å². The third-order valence-electron chi connectivity index (χ3n) is 3.77. The summed E-state index contributed by atoms with van der Waals surface area (Å²) in [5, 5.41) is 7.28. The zero-order valence-corrected chi connectivity index (χ0v) is 17.4. The maximum absolute atomic E-state index is 12.1. The van der Waals surface area contributed by atoms with Crippen LogP contribution >= 0.6 is 22.6 Å². The van der Waals surface area contributed by atoms with Crippen LogP contribution in [0.2, 0.25) is 0 Å². The quantitative estimate of drug-likeness (QED) is 0.371. The SMILES string of the molecule is COc1ccc(/C(C)=N/NC(=O)CNc2ccc(I)cc2C)c(OC)c1. The lowest BCUT2D eigenvalue weighted by Crippen LogP contribution is -2.27. The minimum atomic E-state index is -0.227. The number of benzene rings is 2. The van der Waals surface area contributed by atoms with Crippen molar-refractivity contribution in [2.24, 2.45) is 5.10 Å². The van der Waals surface area contributed by atoms with Crippen LogP contribution in [0.4, 0.5) is 5.69 Å². The van der Waals surface area contributed by atoms with Crippen LogP contribution in [-0.2, 0) is 4.79 Å². The number of carbonyl (C=O) groups is 1. The van der Waals surface area contributed by atoms with Gasteiger partial charge in [0.1, 0.15) is 11.5 Å². The Kier molecular flexibility index (Phi) is 7.26. The highest BCUT2D eigenvalue weighted by Gasteiger charge is 2.09. The molecular formula is C19H22IN3O3. The molecule has 2 N–H and O–H groups in total. The van der Waals surface area contributed by atoms with Crippen molar-refractivity contribution in [3.8, 4) is 11.5 Å². The van der Waals surface area contributed by atoms with Crippen LogP contribution in [0.1, 0.15) is 18.1 Å². The number of methoxy groups -OCH3 is 2. The summed E-state index contributed by atoms with van der Waals surface area (Å²) in [5.41, 5.74) is 6.01. The van der Waals surface area contributed by atoms with Gasteiger partial charge in [-0.2, -0.15) is 5.10 Å². The number of rotatable bonds is 7. The molecule has 0 aliphatic rings. The van der Waals surface area contributed by atoms with Gasteiger partial charge in [0.05, 0.1) is 26.5 Å². The van der Waals surface area contributed by atoms with E-state index in [-0.39, 0.29) is 12.5 Å². The zero-order chi connectivity index (χ0) is 19.1. The molecule has 0 aliphatic carbocycles. The standard InChI is InChI=1S/C19H22IN3O3/c1-12-9-14(20)5-8-17(12)21-11-19(24)23-22-13(2)16-7-6-15(25-3)10-18(16)26-4/h5-10,21H,11H2,1-4H3,(H,23,24)/b22-13+. The van der Waals surface area contributed by atoms with Crippen LogP contribution in [0.3, 0.4) is 0 Å². The van der Waals surface area contributed by atoms with E-state index < -0.39 is 0 Å². The van der Waals surface area contributed by atoms with Crippen molar-refractivity contribution in [3.63, 3.8) is 0 Å². The lowest BCUT2D eigenvalue weighted by atomic mass is 10.1.